The van der Waals surface area contributed by atoms with Crippen molar-refractivity contribution in [1.82, 2.24) is 0 Å². The molecule has 0 aliphatic heterocycles. The molecule has 0 spiro atoms. The zero-order valence-electron chi connectivity index (χ0n) is 18.1. The van der Waals surface area contributed by atoms with Crippen molar-refractivity contribution in [2.75, 3.05) is 0 Å². The van der Waals surface area contributed by atoms with Crippen molar-refractivity contribution < 1.29 is 10.2 Å². The summed E-state index contributed by atoms with van der Waals surface area (Å²) >= 11 is 0. The third-order valence-corrected chi connectivity index (χ3v) is 7.83. The minimum Gasteiger partial charge on any atom is -0.507 e. The van der Waals surface area contributed by atoms with Crippen molar-refractivity contribution in [3.8, 4) is 11.5 Å². The molecule has 2 aromatic rings. The lowest BCUT2D eigenvalue weighted by molar-refractivity contribution is 0.307. The van der Waals surface area contributed by atoms with Gasteiger partial charge in [-0.1, -0.05) is 88.8 Å². The maximum absolute atomic E-state index is 11.1. The van der Waals surface area contributed by atoms with E-state index in [1.165, 1.54) is 38.5 Å². The Kier molecular flexibility index (Phi) is 5.64. The Hall–Kier alpha value is -1.96. The molecule has 2 fully saturated rings. The van der Waals surface area contributed by atoms with Gasteiger partial charge in [-0.05, 0) is 47.6 Å². The zero-order chi connectivity index (χ0) is 20.5. The second-order valence-electron chi connectivity index (χ2n) is 10.0. The second kappa shape index (κ2) is 8.05. The molecule has 2 N–H and O–H groups in total. The Balaban J connectivity index is 1.65. The van der Waals surface area contributed by atoms with Gasteiger partial charge in [-0.2, -0.15) is 0 Å². The van der Waals surface area contributed by atoms with Gasteiger partial charge in [0.2, 0.25) is 0 Å². The van der Waals surface area contributed by atoms with Gasteiger partial charge in [-0.15, -0.1) is 0 Å². The van der Waals surface area contributed by atoms with Crippen LogP contribution in [-0.4, -0.2) is 10.2 Å². The molecule has 0 aromatic heterocycles. The van der Waals surface area contributed by atoms with E-state index in [-0.39, 0.29) is 10.8 Å². The molecule has 0 unspecified atom stereocenters. The molecule has 2 aliphatic carbocycles. The number of benzene rings is 2. The molecule has 2 heteroatoms. The van der Waals surface area contributed by atoms with E-state index < -0.39 is 0 Å². The molecule has 2 saturated carbocycles. The molecule has 0 bridgehead atoms. The van der Waals surface area contributed by atoms with Crippen molar-refractivity contribution in [1.29, 1.82) is 0 Å². The van der Waals surface area contributed by atoms with E-state index in [2.05, 4.69) is 38.1 Å². The minimum atomic E-state index is 0.0673. The lowest BCUT2D eigenvalue weighted by Crippen LogP contribution is -2.25. The van der Waals surface area contributed by atoms with Gasteiger partial charge in [0.05, 0.1) is 0 Å². The fourth-order valence-corrected chi connectivity index (χ4v) is 5.85. The number of hydrogen-bond acceptors (Lipinski definition) is 2. The number of para-hydroxylation sites is 2. The average molecular weight is 393 g/mol. The first-order chi connectivity index (χ1) is 13.9. The summed E-state index contributed by atoms with van der Waals surface area (Å²) in [6.45, 7) is 4.60. The molecule has 0 heterocycles. The summed E-state index contributed by atoms with van der Waals surface area (Å²) in [7, 11) is 0. The number of rotatable bonds is 4. The van der Waals surface area contributed by atoms with Crippen molar-refractivity contribution in [3.63, 3.8) is 0 Å². The highest BCUT2D eigenvalue weighted by molar-refractivity contribution is 5.51. The van der Waals surface area contributed by atoms with E-state index >= 15 is 0 Å². The first kappa shape index (κ1) is 20.3. The van der Waals surface area contributed by atoms with Gasteiger partial charge in [-0.25, -0.2) is 0 Å². The number of hydrogen-bond donors (Lipinski definition) is 2. The average Bonchev–Trinajstić information content (AvgIpc) is 2.72. The summed E-state index contributed by atoms with van der Waals surface area (Å²) in [6.07, 6.45) is 12.7. The van der Waals surface area contributed by atoms with Crippen LogP contribution in [-0.2, 0) is 17.3 Å². The quantitative estimate of drug-likeness (QED) is 0.581. The van der Waals surface area contributed by atoms with E-state index in [0.29, 0.717) is 17.9 Å². The molecule has 0 amide bonds. The van der Waals surface area contributed by atoms with Gasteiger partial charge < -0.3 is 10.2 Å². The lowest BCUT2D eigenvalue weighted by Gasteiger charge is -2.35. The van der Waals surface area contributed by atoms with Crippen LogP contribution in [0.15, 0.2) is 36.4 Å². The Morgan fingerprint density at radius 2 is 1.00 bits per heavy atom. The second-order valence-corrected chi connectivity index (χ2v) is 10.0. The molecule has 2 aliphatic rings. The summed E-state index contributed by atoms with van der Waals surface area (Å²) in [5, 5.41) is 22.3. The topological polar surface area (TPSA) is 40.5 Å². The summed E-state index contributed by atoms with van der Waals surface area (Å²) in [5.41, 5.74) is 4.16. The molecular weight excluding hydrogens is 356 g/mol. The minimum absolute atomic E-state index is 0.0673. The Morgan fingerprint density at radius 3 is 1.38 bits per heavy atom. The van der Waals surface area contributed by atoms with Crippen LogP contribution in [0.25, 0.3) is 0 Å². The smallest absolute Gasteiger partial charge is 0.122 e. The fourth-order valence-electron chi connectivity index (χ4n) is 5.85. The Bertz CT molecular complexity index is 783. The number of phenols is 2. The zero-order valence-corrected chi connectivity index (χ0v) is 18.1. The highest BCUT2D eigenvalue weighted by Gasteiger charge is 2.33. The SMILES string of the molecule is CC1(c2cccc(Cc3cccc(C4(C)CCCCC4)c3O)c2O)CCCCC1. The van der Waals surface area contributed by atoms with E-state index in [4.69, 9.17) is 0 Å². The predicted octanol–water partition coefficient (Wildman–Crippen LogP) is 7.13. The number of phenolic OH excluding ortho intramolecular Hbond substituents is 2. The van der Waals surface area contributed by atoms with Crippen LogP contribution in [0.3, 0.4) is 0 Å². The lowest BCUT2D eigenvalue weighted by atomic mass is 9.69. The normalized spacial score (nSPS) is 21.0. The Labute approximate surface area is 176 Å². The summed E-state index contributed by atoms with van der Waals surface area (Å²) in [4.78, 5) is 0. The van der Waals surface area contributed by atoms with Crippen LogP contribution >= 0.6 is 0 Å². The first-order valence-corrected chi connectivity index (χ1v) is 11.6. The van der Waals surface area contributed by atoms with E-state index in [0.717, 1.165) is 47.9 Å². The highest BCUT2D eigenvalue weighted by atomic mass is 16.3. The van der Waals surface area contributed by atoms with Crippen molar-refractivity contribution in [3.05, 3.63) is 58.7 Å². The van der Waals surface area contributed by atoms with Gasteiger partial charge in [0.15, 0.2) is 0 Å². The maximum Gasteiger partial charge on any atom is 0.122 e. The molecule has 29 heavy (non-hydrogen) atoms. The Morgan fingerprint density at radius 1 is 0.621 bits per heavy atom. The maximum atomic E-state index is 11.1. The van der Waals surface area contributed by atoms with Gasteiger partial charge in [0, 0.05) is 17.5 Å². The third kappa shape index (κ3) is 3.91. The van der Waals surface area contributed by atoms with Crippen LogP contribution in [0.4, 0.5) is 0 Å². The van der Waals surface area contributed by atoms with Crippen LogP contribution in [0.1, 0.15) is 100 Å². The van der Waals surface area contributed by atoms with Crippen LogP contribution < -0.4 is 0 Å². The standard InChI is InChI=1S/C27H36O2/c1-26(15-5-3-6-16-26)22-13-9-11-20(24(22)28)19-21-12-10-14-23(25(21)29)27(2)17-7-4-8-18-27/h9-14,28-29H,3-8,15-19H2,1-2H3. The molecule has 4 rings (SSSR count). The van der Waals surface area contributed by atoms with Gasteiger partial charge >= 0.3 is 0 Å². The van der Waals surface area contributed by atoms with Crippen LogP contribution in [0.2, 0.25) is 0 Å². The molecule has 0 atom stereocenters. The summed E-state index contributed by atoms with van der Waals surface area (Å²) in [5.74, 6) is 0.871. The fraction of sp³-hybridized carbons (Fsp3) is 0.556. The first-order valence-electron chi connectivity index (χ1n) is 11.6. The third-order valence-electron chi connectivity index (χ3n) is 7.83. The van der Waals surface area contributed by atoms with Crippen molar-refractivity contribution in [2.45, 2.75) is 95.3 Å². The summed E-state index contributed by atoms with van der Waals surface area (Å²) < 4.78 is 0. The largest absolute Gasteiger partial charge is 0.507 e. The highest BCUT2D eigenvalue weighted by Crippen LogP contribution is 2.46. The van der Waals surface area contributed by atoms with Crippen molar-refractivity contribution in [2.24, 2.45) is 0 Å². The van der Waals surface area contributed by atoms with Crippen LogP contribution in [0, 0.1) is 0 Å². The van der Waals surface area contributed by atoms with Gasteiger partial charge in [0.25, 0.3) is 0 Å². The molecule has 0 radical (unpaired) electrons. The molecule has 0 saturated heterocycles. The molecule has 2 nitrogen and oxygen atoms in total. The predicted molar refractivity (Wildman–Crippen MR) is 120 cm³/mol. The molecule has 156 valence electrons. The van der Waals surface area contributed by atoms with E-state index in [1.807, 2.05) is 12.1 Å². The summed E-state index contributed by atoms with van der Waals surface area (Å²) in [6, 6.07) is 12.4. The molecule has 2 aromatic carbocycles. The van der Waals surface area contributed by atoms with E-state index in [1.54, 1.807) is 0 Å². The number of aromatic hydroxyl groups is 2. The van der Waals surface area contributed by atoms with E-state index in [9.17, 15) is 10.2 Å². The van der Waals surface area contributed by atoms with Crippen LogP contribution in [0.5, 0.6) is 11.5 Å². The van der Waals surface area contributed by atoms with Gasteiger partial charge in [-0.3, -0.25) is 0 Å². The van der Waals surface area contributed by atoms with Gasteiger partial charge in [0.1, 0.15) is 11.5 Å². The van der Waals surface area contributed by atoms with Crippen molar-refractivity contribution >= 4 is 0 Å². The monoisotopic (exact) mass is 392 g/mol. The molecular formula is C27H36O2.